The van der Waals surface area contributed by atoms with Gasteiger partial charge < -0.3 is 5.32 Å². The number of anilines is 1. The van der Waals surface area contributed by atoms with Crippen LogP contribution in [0, 0.1) is 0 Å². The highest BCUT2D eigenvalue weighted by atomic mass is 19.4. The van der Waals surface area contributed by atoms with Crippen LogP contribution in [0.2, 0.25) is 0 Å². The lowest BCUT2D eigenvalue weighted by molar-refractivity contribution is -0.137. The Morgan fingerprint density at radius 2 is 1.68 bits per heavy atom. The zero-order valence-corrected chi connectivity index (χ0v) is 11.4. The fraction of sp³-hybridized carbons (Fsp3) is 0.133. The Balaban J connectivity index is 2.36. The Morgan fingerprint density at radius 3 is 2.27 bits per heavy atom. The number of fused-ring (bicyclic) bond motifs is 2. The molecule has 22 heavy (non-hydrogen) atoms. The molecule has 0 aliphatic carbocycles. The summed E-state index contributed by atoms with van der Waals surface area (Å²) in [5.74, 6) is -0.476. The number of rotatable bonds is 1. The van der Waals surface area contributed by atoms with Crippen molar-refractivity contribution in [2.75, 3.05) is 5.32 Å². The number of nitrogens with one attached hydrogen (secondary N) is 1. The first-order valence-electron chi connectivity index (χ1n) is 6.40. The molecular weight excluding hydrogens is 295 g/mol. The normalized spacial score (nSPS) is 11.8. The minimum absolute atomic E-state index is 0.00409. The fourth-order valence-corrected chi connectivity index (χ4v) is 2.17. The molecule has 0 aliphatic heterocycles. The van der Waals surface area contributed by atoms with Crippen LogP contribution in [-0.4, -0.2) is 15.9 Å². The molecule has 0 unspecified atom stereocenters. The van der Waals surface area contributed by atoms with Crippen LogP contribution in [0.3, 0.4) is 0 Å². The van der Waals surface area contributed by atoms with Crippen LogP contribution in [0.4, 0.5) is 18.9 Å². The van der Waals surface area contributed by atoms with Gasteiger partial charge in [0.05, 0.1) is 27.8 Å². The van der Waals surface area contributed by atoms with E-state index < -0.39 is 17.6 Å². The first-order chi connectivity index (χ1) is 10.3. The molecule has 1 heterocycles. The average Bonchev–Trinajstić information content (AvgIpc) is 2.43. The zero-order valence-electron chi connectivity index (χ0n) is 11.4. The number of para-hydroxylation sites is 2. The summed E-state index contributed by atoms with van der Waals surface area (Å²) in [7, 11) is 0. The molecule has 3 aromatic rings. The first-order valence-corrected chi connectivity index (χ1v) is 6.40. The number of hydrogen-bond acceptors (Lipinski definition) is 3. The lowest BCUT2D eigenvalue weighted by atomic mass is 10.1. The third kappa shape index (κ3) is 2.57. The maximum absolute atomic E-state index is 13.0. The highest BCUT2D eigenvalue weighted by Gasteiger charge is 2.32. The van der Waals surface area contributed by atoms with E-state index in [0.717, 1.165) is 12.1 Å². The van der Waals surface area contributed by atoms with Gasteiger partial charge in [-0.15, -0.1) is 0 Å². The van der Waals surface area contributed by atoms with Crippen LogP contribution in [0.5, 0.6) is 0 Å². The van der Waals surface area contributed by atoms with E-state index in [0.29, 0.717) is 11.0 Å². The molecule has 0 aliphatic rings. The van der Waals surface area contributed by atoms with Gasteiger partial charge in [0.2, 0.25) is 5.91 Å². The number of carbonyl (C=O) groups excluding carboxylic acids is 1. The molecule has 3 rings (SSSR count). The van der Waals surface area contributed by atoms with Crippen molar-refractivity contribution in [1.82, 2.24) is 9.97 Å². The molecule has 1 aromatic heterocycles. The second-order valence-electron chi connectivity index (χ2n) is 4.78. The number of nitrogens with zero attached hydrogens (tertiary/aromatic N) is 2. The van der Waals surface area contributed by atoms with Gasteiger partial charge in [0.15, 0.2) is 0 Å². The van der Waals surface area contributed by atoms with Crippen LogP contribution in [0.1, 0.15) is 12.5 Å². The lowest BCUT2D eigenvalue weighted by Crippen LogP contribution is -2.11. The van der Waals surface area contributed by atoms with E-state index in [1.54, 1.807) is 24.3 Å². The Labute approximate surface area is 123 Å². The first kappa shape index (κ1) is 14.2. The van der Waals surface area contributed by atoms with Crippen LogP contribution in [0.25, 0.3) is 22.1 Å². The smallest absolute Gasteiger partial charge is 0.324 e. The molecular formula is C15H10F3N3O. The van der Waals surface area contributed by atoms with E-state index in [1.807, 2.05) is 0 Å². The minimum Gasteiger partial charge on any atom is -0.324 e. The summed E-state index contributed by atoms with van der Waals surface area (Å²) in [5.41, 5.74) is 0.451. The van der Waals surface area contributed by atoms with Gasteiger partial charge in [0, 0.05) is 6.92 Å². The molecule has 2 aromatic carbocycles. The van der Waals surface area contributed by atoms with E-state index in [-0.39, 0.29) is 16.7 Å². The van der Waals surface area contributed by atoms with E-state index in [9.17, 15) is 18.0 Å². The topological polar surface area (TPSA) is 54.9 Å². The van der Waals surface area contributed by atoms with Crippen LogP contribution >= 0.6 is 0 Å². The van der Waals surface area contributed by atoms with Gasteiger partial charge in [0.25, 0.3) is 0 Å². The molecule has 0 radical (unpaired) electrons. The number of alkyl halides is 3. The maximum Gasteiger partial charge on any atom is 0.416 e. The molecule has 0 saturated heterocycles. The largest absolute Gasteiger partial charge is 0.416 e. The van der Waals surface area contributed by atoms with E-state index in [4.69, 9.17) is 0 Å². The van der Waals surface area contributed by atoms with Gasteiger partial charge in [-0.2, -0.15) is 13.2 Å². The predicted molar refractivity (Wildman–Crippen MR) is 76.3 cm³/mol. The van der Waals surface area contributed by atoms with E-state index in [1.165, 1.54) is 6.92 Å². The van der Waals surface area contributed by atoms with Crippen molar-refractivity contribution in [2.45, 2.75) is 13.1 Å². The second kappa shape index (κ2) is 4.94. The molecule has 0 saturated carbocycles. The van der Waals surface area contributed by atoms with E-state index >= 15 is 0 Å². The van der Waals surface area contributed by atoms with Gasteiger partial charge in [-0.25, -0.2) is 9.97 Å². The molecule has 0 fully saturated rings. The predicted octanol–water partition coefficient (Wildman–Crippen LogP) is 3.76. The molecule has 1 amide bonds. The van der Waals surface area contributed by atoms with Gasteiger partial charge in [0.1, 0.15) is 5.52 Å². The van der Waals surface area contributed by atoms with Crippen LogP contribution in [-0.2, 0) is 11.0 Å². The lowest BCUT2D eigenvalue weighted by Gasteiger charge is -2.12. The second-order valence-corrected chi connectivity index (χ2v) is 4.78. The summed E-state index contributed by atoms with van der Waals surface area (Å²) in [6, 6.07) is 8.65. The summed E-state index contributed by atoms with van der Waals surface area (Å²) in [5, 5.41) is 2.38. The molecule has 112 valence electrons. The average molecular weight is 305 g/mol. The van der Waals surface area contributed by atoms with Gasteiger partial charge in [-0.05, 0) is 24.3 Å². The quantitative estimate of drug-likeness (QED) is 0.696. The van der Waals surface area contributed by atoms with Crippen LogP contribution < -0.4 is 5.32 Å². The number of carbonyl (C=O) groups is 1. The zero-order chi connectivity index (χ0) is 15.9. The van der Waals surface area contributed by atoms with Gasteiger partial charge >= 0.3 is 6.18 Å². The van der Waals surface area contributed by atoms with Crippen molar-refractivity contribution in [3.63, 3.8) is 0 Å². The number of amides is 1. The molecule has 0 bridgehead atoms. The van der Waals surface area contributed by atoms with Crippen molar-refractivity contribution >= 4 is 33.7 Å². The number of benzene rings is 2. The number of halogens is 3. The summed E-state index contributed by atoms with van der Waals surface area (Å²) in [6.45, 7) is 1.22. The molecule has 7 heteroatoms. The summed E-state index contributed by atoms with van der Waals surface area (Å²) >= 11 is 0. The highest BCUT2D eigenvalue weighted by Crippen LogP contribution is 2.34. The fourth-order valence-electron chi connectivity index (χ4n) is 2.17. The number of hydrogen-bond donors (Lipinski definition) is 1. The maximum atomic E-state index is 13.0. The molecule has 1 N–H and O–H groups in total. The summed E-state index contributed by atoms with van der Waals surface area (Å²) in [4.78, 5) is 19.8. The van der Waals surface area contributed by atoms with Crippen LogP contribution in [0.15, 0.2) is 36.4 Å². The Hall–Kier alpha value is -2.70. The highest BCUT2D eigenvalue weighted by molar-refractivity contribution is 6.00. The monoisotopic (exact) mass is 305 g/mol. The third-order valence-electron chi connectivity index (χ3n) is 3.08. The molecule has 0 atom stereocenters. The standard InChI is InChI=1S/C15H10F3N3O/c1-8(22)19-12-6-9(15(16,17)18)7-13-14(12)21-11-5-3-2-4-10(11)20-13/h2-7H,1H3,(H,19,22). The van der Waals surface area contributed by atoms with Crippen molar-refractivity contribution in [3.8, 4) is 0 Å². The SMILES string of the molecule is CC(=O)Nc1cc(C(F)(F)F)cc2nc3ccccc3nc12. The van der Waals surface area contributed by atoms with Gasteiger partial charge in [-0.3, -0.25) is 4.79 Å². The summed E-state index contributed by atoms with van der Waals surface area (Å²) < 4.78 is 39.0. The minimum atomic E-state index is -4.53. The van der Waals surface area contributed by atoms with Crippen molar-refractivity contribution < 1.29 is 18.0 Å². The Morgan fingerprint density at radius 1 is 1.05 bits per heavy atom. The molecule has 4 nitrogen and oxygen atoms in total. The third-order valence-corrected chi connectivity index (χ3v) is 3.08. The Kier molecular flexibility index (Phi) is 3.20. The van der Waals surface area contributed by atoms with Crippen molar-refractivity contribution in [1.29, 1.82) is 0 Å². The molecule has 0 spiro atoms. The summed E-state index contributed by atoms with van der Waals surface area (Å²) in [6.07, 6.45) is -4.53. The Bertz CT molecular complexity index is 890. The van der Waals surface area contributed by atoms with Crippen molar-refractivity contribution in [2.24, 2.45) is 0 Å². The van der Waals surface area contributed by atoms with E-state index in [2.05, 4.69) is 15.3 Å². The van der Waals surface area contributed by atoms with Crippen molar-refractivity contribution in [3.05, 3.63) is 42.0 Å². The van der Waals surface area contributed by atoms with Gasteiger partial charge in [-0.1, -0.05) is 12.1 Å². The number of aromatic nitrogens is 2.